The summed E-state index contributed by atoms with van der Waals surface area (Å²) in [6.07, 6.45) is 3.40. The van der Waals surface area contributed by atoms with Crippen molar-refractivity contribution >= 4 is 46.0 Å². The molecule has 5 aromatic rings. The number of nitrogens with one attached hydrogen (secondary N) is 1. The van der Waals surface area contributed by atoms with Crippen LogP contribution in [-0.4, -0.2) is 38.2 Å². The van der Waals surface area contributed by atoms with Crippen LogP contribution in [0.25, 0.3) is 15.2 Å². The molecule has 0 unspecified atom stereocenters. The van der Waals surface area contributed by atoms with Crippen LogP contribution in [0.3, 0.4) is 0 Å². The molecular weight excluding hydrogens is 516 g/mol. The third kappa shape index (κ3) is 4.30. The van der Waals surface area contributed by atoms with Crippen molar-refractivity contribution in [3.63, 3.8) is 0 Å². The molecule has 194 valence electrons. The molecule has 0 bridgehead atoms. The Balaban J connectivity index is 1.50. The number of H-pyrrole nitrogens is 1. The highest BCUT2D eigenvalue weighted by Crippen LogP contribution is 2.39. The van der Waals surface area contributed by atoms with Gasteiger partial charge in [-0.15, -0.1) is 0 Å². The van der Waals surface area contributed by atoms with Crippen LogP contribution in [0.4, 0.5) is 0 Å². The van der Waals surface area contributed by atoms with Crippen molar-refractivity contribution in [3.8, 4) is 5.00 Å². The second-order valence-electron chi connectivity index (χ2n) is 10.1. The predicted octanol–water partition coefficient (Wildman–Crippen LogP) is 2.74. The number of thiophene rings is 1. The first kappa shape index (κ1) is 25.8. The number of carbonyl (C=O) groups is 1. The monoisotopic (exact) mass is 544 g/mol. The van der Waals surface area contributed by atoms with Crippen molar-refractivity contribution in [2.45, 2.75) is 38.8 Å². The Morgan fingerprint density at radius 3 is 2.18 bits per heavy atom. The van der Waals surface area contributed by atoms with Gasteiger partial charge in [0.05, 0.1) is 11.9 Å². The SMILES string of the molecule is Cc1c(-n2cccn2)sc2[nH]c(=O)n(CC(=O)CC(C)(C)[Si](O)(c3ccccc3)c3ccccc3)c(=O)c12. The molecule has 0 aliphatic carbocycles. The lowest BCUT2D eigenvalue weighted by molar-refractivity contribution is -0.120. The molecule has 0 aliphatic heterocycles. The lowest BCUT2D eigenvalue weighted by atomic mass is 10.1. The molecule has 0 aliphatic rings. The number of carbonyl (C=O) groups excluding carboxylic acids is 1. The normalized spacial score (nSPS) is 12.2. The van der Waals surface area contributed by atoms with E-state index in [1.165, 1.54) is 11.3 Å². The summed E-state index contributed by atoms with van der Waals surface area (Å²) in [4.78, 5) is 55.3. The van der Waals surface area contributed by atoms with Crippen LogP contribution >= 0.6 is 11.3 Å². The van der Waals surface area contributed by atoms with Gasteiger partial charge in [-0.3, -0.25) is 19.1 Å². The van der Waals surface area contributed by atoms with Gasteiger partial charge in [-0.1, -0.05) is 85.8 Å². The zero-order valence-electron chi connectivity index (χ0n) is 21.3. The van der Waals surface area contributed by atoms with Gasteiger partial charge in [-0.05, 0) is 28.4 Å². The second kappa shape index (κ2) is 9.79. The van der Waals surface area contributed by atoms with Gasteiger partial charge in [-0.25, -0.2) is 9.48 Å². The number of aromatic nitrogens is 4. The quantitative estimate of drug-likeness (QED) is 0.292. The lowest BCUT2D eigenvalue weighted by Gasteiger charge is -2.41. The number of hydrogen-bond donors (Lipinski definition) is 2. The van der Waals surface area contributed by atoms with Gasteiger partial charge >= 0.3 is 5.69 Å². The molecule has 5 rings (SSSR count). The first-order chi connectivity index (χ1) is 18.1. The van der Waals surface area contributed by atoms with Crippen LogP contribution in [0.1, 0.15) is 25.8 Å². The van der Waals surface area contributed by atoms with Gasteiger partial charge in [0.15, 0.2) is 5.78 Å². The molecule has 0 spiro atoms. The van der Waals surface area contributed by atoms with Gasteiger partial charge in [0, 0.05) is 24.4 Å². The summed E-state index contributed by atoms with van der Waals surface area (Å²) in [6.45, 7) is 5.18. The minimum atomic E-state index is -3.42. The van der Waals surface area contributed by atoms with E-state index in [1.54, 1.807) is 30.1 Å². The van der Waals surface area contributed by atoms with Crippen molar-refractivity contribution in [3.05, 3.63) is 106 Å². The van der Waals surface area contributed by atoms with E-state index >= 15 is 0 Å². The summed E-state index contributed by atoms with van der Waals surface area (Å²) in [5.41, 5.74) is -0.465. The molecule has 0 fully saturated rings. The first-order valence-electron chi connectivity index (χ1n) is 12.2. The van der Waals surface area contributed by atoms with Crippen LogP contribution in [-0.2, 0) is 11.3 Å². The predicted molar refractivity (Wildman–Crippen MR) is 152 cm³/mol. The minimum absolute atomic E-state index is 0.00934. The number of nitrogens with zero attached hydrogens (tertiary/aromatic N) is 3. The average molecular weight is 545 g/mol. The van der Waals surface area contributed by atoms with Crippen molar-refractivity contribution in [1.29, 1.82) is 0 Å². The van der Waals surface area contributed by atoms with Gasteiger partial charge in [0.1, 0.15) is 9.83 Å². The topological polar surface area (TPSA) is 110 Å². The van der Waals surface area contributed by atoms with Crippen LogP contribution in [0.5, 0.6) is 0 Å². The number of aryl methyl sites for hydroxylation is 1. The first-order valence-corrected chi connectivity index (χ1v) is 15.0. The number of Topliss-reactive ketones (excluding diaryl/α,β-unsaturated/α-hetero) is 1. The molecule has 0 amide bonds. The van der Waals surface area contributed by atoms with Crippen LogP contribution in [0.2, 0.25) is 5.04 Å². The zero-order chi connectivity index (χ0) is 27.1. The molecule has 38 heavy (non-hydrogen) atoms. The lowest BCUT2D eigenvalue weighted by Crippen LogP contribution is -2.65. The van der Waals surface area contributed by atoms with E-state index in [1.807, 2.05) is 74.5 Å². The summed E-state index contributed by atoms with van der Waals surface area (Å²) in [7, 11) is -3.42. The summed E-state index contributed by atoms with van der Waals surface area (Å²) in [6, 6.07) is 20.6. The van der Waals surface area contributed by atoms with Crippen molar-refractivity contribution in [1.82, 2.24) is 19.3 Å². The molecule has 0 atom stereocenters. The Hall–Kier alpha value is -3.86. The number of fused-ring (bicyclic) bond motifs is 1. The highest BCUT2D eigenvalue weighted by molar-refractivity contribution is 7.21. The third-order valence-corrected chi connectivity index (χ3v) is 12.8. The van der Waals surface area contributed by atoms with E-state index in [0.29, 0.717) is 15.8 Å². The highest BCUT2D eigenvalue weighted by Gasteiger charge is 2.50. The Morgan fingerprint density at radius 1 is 1.03 bits per heavy atom. The molecule has 8 nitrogen and oxygen atoms in total. The van der Waals surface area contributed by atoms with Gasteiger partial charge in [0.2, 0.25) is 0 Å². The van der Waals surface area contributed by atoms with Gasteiger partial charge < -0.3 is 4.80 Å². The van der Waals surface area contributed by atoms with E-state index in [9.17, 15) is 19.2 Å². The van der Waals surface area contributed by atoms with E-state index in [0.717, 1.165) is 19.9 Å². The highest BCUT2D eigenvalue weighted by atomic mass is 32.1. The summed E-state index contributed by atoms with van der Waals surface area (Å²) < 4.78 is 2.60. The largest absolute Gasteiger partial charge is 0.424 e. The smallest absolute Gasteiger partial charge is 0.329 e. The van der Waals surface area contributed by atoms with Crippen molar-refractivity contribution in [2.75, 3.05) is 0 Å². The maximum Gasteiger partial charge on any atom is 0.329 e. The number of ketones is 1. The number of hydrogen-bond acceptors (Lipinski definition) is 6. The van der Waals surface area contributed by atoms with Crippen LogP contribution < -0.4 is 21.6 Å². The summed E-state index contributed by atoms with van der Waals surface area (Å²) in [5.74, 6) is -0.306. The fraction of sp³-hybridized carbons (Fsp3) is 0.214. The van der Waals surface area contributed by atoms with E-state index in [4.69, 9.17) is 0 Å². The number of rotatable bonds is 8. The molecule has 0 saturated carbocycles. The fourth-order valence-electron chi connectivity index (χ4n) is 5.15. The molecule has 2 aromatic carbocycles. The minimum Gasteiger partial charge on any atom is -0.424 e. The standard InChI is InChI=1S/C28H28N4O4SSi/c1-19-23-24(37-26(19)32-16-10-15-29-32)30-27(35)31(25(23)34)18-20(33)17-28(2,3)38(36,21-11-6-4-7-12-21)22-13-8-5-9-14-22/h4-16,36H,17-18H2,1-3H3,(H,30,35). The molecule has 3 aromatic heterocycles. The second-order valence-corrected chi connectivity index (χ2v) is 15.0. The number of aromatic amines is 1. The molecule has 0 saturated heterocycles. The molecule has 10 heteroatoms. The maximum absolute atomic E-state index is 13.4. The molecular formula is C28H28N4O4SSi. The van der Waals surface area contributed by atoms with Gasteiger partial charge in [-0.2, -0.15) is 5.10 Å². The van der Waals surface area contributed by atoms with E-state index in [-0.39, 0.29) is 18.7 Å². The van der Waals surface area contributed by atoms with Crippen LogP contribution in [0.15, 0.2) is 88.7 Å². The average Bonchev–Trinajstić information content (AvgIpc) is 3.54. The maximum atomic E-state index is 13.4. The Kier molecular flexibility index (Phi) is 6.64. The summed E-state index contributed by atoms with van der Waals surface area (Å²) >= 11 is 1.27. The Morgan fingerprint density at radius 2 is 1.63 bits per heavy atom. The van der Waals surface area contributed by atoms with E-state index in [2.05, 4.69) is 10.1 Å². The molecule has 3 heterocycles. The molecule has 2 N–H and O–H groups in total. The zero-order valence-corrected chi connectivity index (χ0v) is 23.2. The van der Waals surface area contributed by atoms with Crippen molar-refractivity contribution < 1.29 is 9.59 Å². The Labute approximate surface area is 224 Å². The van der Waals surface area contributed by atoms with Crippen molar-refractivity contribution in [2.24, 2.45) is 0 Å². The third-order valence-electron chi connectivity index (χ3n) is 7.09. The van der Waals surface area contributed by atoms with E-state index < -0.39 is 24.6 Å². The molecule has 0 radical (unpaired) electrons. The fourth-order valence-corrected chi connectivity index (χ4v) is 9.98. The summed E-state index contributed by atoms with van der Waals surface area (Å²) in [5, 5.41) is 6.07. The van der Waals surface area contributed by atoms with Crippen LogP contribution in [0, 0.1) is 6.92 Å². The van der Waals surface area contributed by atoms with Gasteiger partial charge in [0.25, 0.3) is 13.9 Å². The Bertz CT molecular complexity index is 1680. The number of benzene rings is 2.